The molecule has 0 saturated carbocycles. The maximum Gasteiger partial charge on any atom is 0.225 e. The zero-order chi connectivity index (χ0) is 17.9. The van der Waals surface area contributed by atoms with Crippen LogP contribution in [0.15, 0.2) is 41.6 Å². The molecular formula is C19H21FN4OS. The number of nitrogens with zero attached hydrogens (tertiary/aromatic N) is 3. The van der Waals surface area contributed by atoms with Gasteiger partial charge < -0.3 is 10.2 Å². The van der Waals surface area contributed by atoms with E-state index in [9.17, 15) is 9.18 Å². The third-order valence-electron chi connectivity index (χ3n) is 4.97. The minimum absolute atomic E-state index is 0.0396. The molecule has 1 fully saturated rings. The Kier molecular flexibility index (Phi) is 5.06. The normalized spacial score (nSPS) is 22.6. The van der Waals surface area contributed by atoms with E-state index in [0.29, 0.717) is 17.4 Å². The summed E-state index contributed by atoms with van der Waals surface area (Å²) in [5.41, 5.74) is 0.897. The van der Waals surface area contributed by atoms with E-state index in [0.717, 1.165) is 37.1 Å². The Bertz CT molecular complexity index is 788. The van der Waals surface area contributed by atoms with Crippen molar-refractivity contribution < 1.29 is 9.18 Å². The van der Waals surface area contributed by atoms with Crippen LogP contribution in [-0.2, 0) is 4.79 Å². The molecule has 1 amide bonds. The second-order valence-electron chi connectivity index (χ2n) is 6.69. The van der Waals surface area contributed by atoms with Crippen molar-refractivity contribution in [2.45, 2.75) is 30.2 Å². The number of fused-ring (bicyclic) bond motifs is 1. The molecule has 26 heavy (non-hydrogen) atoms. The first-order valence-corrected chi connectivity index (χ1v) is 9.94. The molecule has 0 radical (unpaired) electrons. The van der Waals surface area contributed by atoms with Crippen molar-refractivity contribution >= 4 is 23.6 Å². The number of benzene rings is 1. The first-order valence-electron chi connectivity index (χ1n) is 8.96. The van der Waals surface area contributed by atoms with Crippen LogP contribution in [0.3, 0.4) is 0 Å². The van der Waals surface area contributed by atoms with E-state index in [-0.39, 0.29) is 23.7 Å². The van der Waals surface area contributed by atoms with E-state index < -0.39 is 0 Å². The Morgan fingerprint density at radius 3 is 2.92 bits per heavy atom. The predicted molar refractivity (Wildman–Crippen MR) is 99.6 cm³/mol. The summed E-state index contributed by atoms with van der Waals surface area (Å²) in [6.07, 6.45) is 6.05. The highest BCUT2D eigenvalue weighted by Gasteiger charge is 2.30. The fraction of sp³-hybridized carbons (Fsp3) is 0.421. The van der Waals surface area contributed by atoms with Crippen LogP contribution in [-0.4, -0.2) is 34.7 Å². The Morgan fingerprint density at radius 2 is 2.08 bits per heavy atom. The van der Waals surface area contributed by atoms with Gasteiger partial charge in [-0.2, -0.15) is 0 Å². The molecule has 0 bridgehead atoms. The largest absolute Gasteiger partial charge is 0.349 e. The van der Waals surface area contributed by atoms with Crippen molar-refractivity contribution in [1.29, 1.82) is 0 Å². The van der Waals surface area contributed by atoms with Gasteiger partial charge in [-0.25, -0.2) is 14.4 Å². The van der Waals surface area contributed by atoms with E-state index in [1.54, 1.807) is 24.5 Å². The standard InChI is InChI=1S/C19H21FN4OS/c20-15-6-1-5-14-16(7-11-26-17(14)15)23-18(25)13-4-2-10-24(12-13)19-21-8-3-9-22-19/h1,3,5-6,8-9,13,16H,2,4,7,10-12H2,(H,23,25)/t13-,16+/m0/s1. The van der Waals surface area contributed by atoms with Crippen LogP contribution in [0.25, 0.3) is 0 Å². The summed E-state index contributed by atoms with van der Waals surface area (Å²) in [6, 6.07) is 6.79. The lowest BCUT2D eigenvalue weighted by molar-refractivity contribution is -0.126. The number of carbonyl (C=O) groups excluding carboxylic acids is 1. The van der Waals surface area contributed by atoms with Gasteiger partial charge in [-0.3, -0.25) is 4.79 Å². The number of hydrogen-bond acceptors (Lipinski definition) is 5. The van der Waals surface area contributed by atoms with E-state index in [1.165, 1.54) is 17.8 Å². The van der Waals surface area contributed by atoms with Crippen molar-refractivity contribution in [3.8, 4) is 0 Å². The van der Waals surface area contributed by atoms with Crippen LogP contribution >= 0.6 is 11.8 Å². The highest BCUT2D eigenvalue weighted by atomic mass is 32.2. The minimum atomic E-state index is -0.198. The molecule has 1 aromatic heterocycles. The Morgan fingerprint density at radius 1 is 1.23 bits per heavy atom. The zero-order valence-corrected chi connectivity index (χ0v) is 15.2. The lowest BCUT2D eigenvalue weighted by Crippen LogP contribution is -2.45. The Hall–Kier alpha value is -2.15. The minimum Gasteiger partial charge on any atom is -0.349 e. The Balaban J connectivity index is 1.45. The monoisotopic (exact) mass is 372 g/mol. The quantitative estimate of drug-likeness (QED) is 0.897. The van der Waals surface area contributed by atoms with Gasteiger partial charge in [0.2, 0.25) is 11.9 Å². The SMILES string of the molecule is O=C(N[C@@H]1CCSc2c(F)cccc21)[C@H]1CCCN(c2ncccn2)C1. The van der Waals surface area contributed by atoms with Gasteiger partial charge in [0.25, 0.3) is 0 Å². The number of halogens is 1. The maximum atomic E-state index is 14.0. The summed E-state index contributed by atoms with van der Waals surface area (Å²) in [6.45, 7) is 1.48. The van der Waals surface area contributed by atoms with Gasteiger partial charge in [-0.1, -0.05) is 12.1 Å². The second kappa shape index (κ2) is 7.61. The number of carbonyl (C=O) groups is 1. The van der Waals surface area contributed by atoms with Gasteiger partial charge in [0, 0.05) is 36.1 Å². The fourth-order valence-corrected chi connectivity index (χ4v) is 4.79. The van der Waals surface area contributed by atoms with Crippen LogP contribution in [0.2, 0.25) is 0 Å². The van der Waals surface area contributed by atoms with E-state index >= 15 is 0 Å². The molecule has 0 unspecified atom stereocenters. The van der Waals surface area contributed by atoms with Crippen LogP contribution < -0.4 is 10.2 Å². The van der Waals surface area contributed by atoms with Gasteiger partial charge in [-0.15, -0.1) is 11.8 Å². The maximum absolute atomic E-state index is 14.0. The molecule has 0 aliphatic carbocycles. The number of anilines is 1. The summed E-state index contributed by atoms with van der Waals surface area (Å²) < 4.78 is 14.0. The average molecular weight is 372 g/mol. The molecule has 5 nitrogen and oxygen atoms in total. The van der Waals surface area contributed by atoms with Crippen LogP contribution in [0.1, 0.15) is 30.9 Å². The predicted octanol–water partition coefficient (Wildman–Crippen LogP) is 3.19. The topological polar surface area (TPSA) is 58.1 Å². The van der Waals surface area contributed by atoms with Crippen LogP contribution in [0.4, 0.5) is 10.3 Å². The number of rotatable bonds is 3. The van der Waals surface area contributed by atoms with Crippen molar-refractivity contribution in [3.63, 3.8) is 0 Å². The molecular weight excluding hydrogens is 351 g/mol. The van der Waals surface area contributed by atoms with Crippen LogP contribution in [0, 0.1) is 11.7 Å². The van der Waals surface area contributed by atoms with Crippen molar-refractivity contribution in [3.05, 3.63) is 48.0 Å². The number of nitrogens with one attached hydrogen (secondary N) is 1. The van der Waals surface area contributed by atoms with Crippen molar-refractivity contribution in [2.75, 3.05) is 23.7 Å². The zero-order valence-electron chi connectivity index (χ0n) is 14.4. The number of aromatic nitrogens is 2. The van der Waals surface area contributed by atoms with Gasteiger partial charge in [0.15, 0.2) is 0 Å². The molecule has 1 saturated heterocycles. The number of thioether (sulfide) groups is 1. The third kappa shape index (κ3) is 3.53. The molecule has 2 aromatic rings. The van der Waals surface area contributed by atoms with Gasteiger partial charge in [0.1, 0.15) is 5.82 Å². The van der Waals surface area contributed by atoms with E-state index in [2.05, 4.69) is 20.2 Å². The molecule has 0 spiro atoms. The number of amides is 1. The molecule has 4 rings (SSSR count). The van der Waals surface area contributed by atoms with Crippen molar-refractivity contribution in [1.82, 2.24) is 15.3 Å². The van der Waals surface area contributed by atoms with Crippen LogP contribution in [0.5, 0.6) is 0 Å². The van der Waals surface area contributed by atoms with Gasteiger partial charge in [-0.05, 0) is 37.0 Å². The van der Waals surface area contributed by atoms with E-state index in [1.807, 2.05) is 6.07 Å². The first-order chi connectivity index (χ1) is 12.7. The third-order valence-corrected chi connectivity index (χ3v) is 6.13. The van der Waals surface area contributed by atoms with Gasteiger partial charge in [0.05, 0.1) is 12.0 Å². The smallest absolute Gasteiger partial charge is 0.225 e. The molecule has 2 aliphatic heterocycles. The summed E-state index contributed by atoms with van der Waals surface area (Å²) in [5.74, 6) is 1.23. The highest BCUT2D eigenvalue weighted by molar-refractivity contribution is 7.99. The second-order valence-corrected chi connectivity index (χ2v) is 7.80. The molecule has 2 atom stereocenters. The molecule has 1 N–H and O–H groups in total. The highest BCUT2D eigenvalue weighted by Crippen LogP contribution is 2.38. The fourth-order valence-electron chi connectivity index (χ4n) is 3.65. The molecule has 3 heterocycles. The first kappa shape index (κ1) is 17.3. The molecule has 136 valence electrons. The van der Waals surface area contributed by atoms with Gasteiger partial charge >= 0.3 is 0 Å². The lowest BCUT2D eigenvalue weighted by atomic mass is 9.95. The van der Waals surface area contributed by atoms with E-state index in [4.69, 9.17) is 0 Å². The number of hydrogen-bond donors (Lipinski definition) is 1. The molecule has 2 aliphatic rings. The molecule has 7 heteroatoms. The Labute approximate surface area is 156 Å². The summed E-state index contributed by atoms with van der Waals surface area (Å²) in [5, 5.41) is 3.16. The summed E-state index contributed by atoms with van der Waals surface area (Å²) in [7, 11) is 0. The summed E-state index contributed by atoms with van der Waals surface area (Å²) >= 11 is 1.53. The average Bonchev–Trinajstić information content (AvgIpc) is 2.69. The summed E-state index contributed by atoms with van der Waals surface area (Å²) in [4.78, 5) is 24.2. The molecule has 1 aromatic carbocycles. The lowest BCUT2D eigenvalue weighted by Gasteiger charge is -2.33. The van der Waals surface area contributed by atoms with Crippen molar-refractivity contribution in [2.24, 2.45) is 5.92 Å². The number of piperidine rings is 1.